The minimum Gasteiger partial charge on any atom is -0.310 e. The lowest BCUT2D eigenvalue weighted by molar-refractivity contribution is 0.536. The number of aryl methyl sites for hydroxylation is 2. The zero-order valence-corrected chi connectivity index (χ0v) is 24.0. The van der Waals surface area contributed by atoms with E-state index in [1.165, 1.54) is 0 Å². The molecule has 0 radical (unpaired) electrons. The van der Waals surface area contributed by atoms with E-state index in [1.807, 2.05) is 19.1 Å². The first-order chi connectivity index (χ1) is 18.0. The first-order valence-electron chi connectivity index (χ1n) is 12.5. The van der Waals surface area contributed by atoms with Gasteiger partial charge in [-0.2, -0.15) is 5.10 Å². The number of nitrogens with zero attached hydrogens (tertiary/aromatic N) is 5. The van der Waals surface area contributed by atoms with Gasteiger partial charge in [0.25, 0.3) is 0 Å². The Balaban J connectivity index is 0.00000308. The summed E-state index contributed by atoms with van der Waals surface area (Å²) in [6.07, 6.45) is 7.70. The lowest BCUT2D eigenvalue weighted by Crippen LogP contribution is -2.30. The Labute approximate surface area is 232 Å². The molecule has 0 amide bonds. The van der Waals surface area contributed by atoms with E-state index in [4.69, 9.17) is 5.10 Å². The van der Waals surface area contributed by atoms with Gasteiger partial charge < -0.3 is 5.32 Å². The van der Waals surface area contributed by atoms with Crippen LogP contribution in [-0.2, 0) is 16.1 Å². The highest BCUT2D eigenvalue weighted by Crippen LogP contribution is 2.32. The van der Waals surface area contributed by atoms with Crippen LogP contribution in [0, 0.1) is 19.7 Å². The number of hydrogen-bond acceptors (Lipinski definition) is 5. The van der Waals surface area contributed by atoms with Crippen LogP contribution in [-0.4, -0.2) is 35.9 Å². The largest absolute Gasteiger partial charge is 0.338 e. The van der Waals surface area contributed by atoms with E-state index in [1.54, 1.807) is 70.6 Å². The highest BCUT2D eigenvalue weighted by atomic mass is 35.5. The van der Waals surface area contributed by atoms with Crippen LogP contribution in [0.2, 0.25) is 0 Å². The van der Waals surface area contributed by atoms with E-state index in [0.717, 1.165) is 29.8 Å². The van der Waals surface area contributed by atoms with Gasteiger partial charge >= 0.3 is 5.69 Å². The Hall–Kier alpha value is -3.47. The number of allylic oxidation sites excluding steroid dienone is 1. The molecule has 1 unspecified atom stereocenters. The molecule has 2 atom stereocenters. The van der Waals surface area contributed by atoms with Crippen molar-refractivity contribution in [3.63, 3.8) is 0 Å². The molecule has 6 rings (SSSR count). The quantitative estimate of drug-likeness (QED) is 0.376. The van der Waals surface area contributed by atoms with E-state index < -0.39 is 9.73 Å². The fourth-order valence-electron chi connectivity index (χ4n) is 5.51. The van der Waals surface area contributed by atoms with Crippen LogP contribution in [0.4, 0.5) is 4.39 Å². The minimum absolute atomic E-state index is 0. The van der Waals surface area contributed by atoms with Gasteiger partial charge in [0.15, 0.2) is 0 Å². The average Bonchev–Trinajstić information content (AvgIpc) is 3.42. The Morgan fingerprint density at radius 1 is 1.05 bits per heavy atom. The normalized spacial score (nSPS) is 19.9. The fraction of sp³-hybridized carbons (Fsp3) is 0.286. The molecule has 0 fully saturated rings. The molecular weight excluding hydrogens is 539 g/mol. The minimum atomic E-state index is -2.52. The summed E-state index contributed by atoms with van der Waals surface area (Å²) in [6.45, 7) is 8.13. The van der Waals surface area contributed by atoms with Crippen molar-refractivity contribution in [2.24, 2.45) is 4.36 Å². The molecule has 2 aliphatic heterocycles. The predicted octanol–water partition coefficient (Wildman–Crippen LogP) is 5.03. The number of imidazole rings is 1. The van der Waals surface area contributed by atoms with Gasteiger partial charge in [-0.25, -0.2) is 22.4 Å². The van der Waals surface area contributed by atoms with Crippen molar-refractivity contribution in [2.75, 3.05) is 12.8 Å². The highest BCUT2D eigenvalue weighted by Gasteiger charge is 2.29. The Morgan fingerprint density at radius 3 is 2.46 bits per heavy atom. The highest BCUT2D eigenvalue weighted by molar-refractivity contribution is 7.93. The van der Waals surface area contributed by atoms with Crippen molar-refractivity contribution < 1.29 is 8.60 Å². The molecule has 11 heteroatoms. The molecule has 2 aliphatic rings. The van der Waals surface area contributed by atoms with Gasteiger partial charge in [-0.1, -0.05) is 0 Å². The van der Waals surface area contributed by atoms with Crippen LogP contribution in [0.3, 0.4) is 0 Å². The lowest BCUT2D eigenvalue weighted by atomic mass is 10.0. The molecule has 1 N–H and O–H groups in total. The molecule has 4 aromatic rings. The Bertz CT molecular complexity index is 1830. The Kier molecular flexibility index (Phi) is 6.69. The first-order valence-corrected chi connectivity index (χ1v) is 14.4. The lowest BCUT2D eigenvalue weighted by Gasteiger charge is -2.21. The summed E-state index contributed by atoms with van der Waals surface area (Å²) in [5.41, 5.74) is 5.49. The van der Waals surface area contributed by atoms with Crippen molar-refractivity contribution in [3.8, 4) is 17.2 Å². The summed E-state index contributed by atoms with van der Waals surface area (Å²) >= 11 is 0. The number of fused-ring (bicyclic) bond motifs is 2. The SMILES string of the molecule is CC1=Cc2cc(-n3ccn(-c4c5c(nn4-c4cc(C)c(F)c(C)c4)CCN[C@H]5C)c3=O)ccc2S(C)(=O)=N1.Cl. The standard InChI is InChI=1S/C28H29FN6O2S.ClH/c1-16-12-22(13-17(2)26(16)29)35-27(25-19(4)30-9-8-23(25)31-35)34-11-10-33(28(34)36)21-6-7-24-20(15-21)14-18(3)32-38(24,5)37;/h6-7,10-15,19,30H,8-9H2,1-5H3;1H/t19-,38?;/m0./s1. The molecule has 0 saturated heterocycles. The molecule has 0 saturated carbocycles. The second-order valence-electron chi connectivity index (χ2n) is 10.1. The van der Waals surface area contributed by atoms with Crippen molar-refractivity contribution in [2.45, 2.75) is 45.1 Å². The van der Waals surface area contributed by atoms with E-state index in [9.17, 15) is 13.4 Å². The maximum Gasteiger partial charge on any atom is 0.338 e. The Morgan fingerprint density at radius 2 is 1.74 bits per heavy atom. The maximum atomic E-state index is 14.5. The first kappa shape index (κ1) is 27.1. The molecule has 204 valence electrons. The average molecular weight is 569 g/mol. The summed E-state index contributed by atoms with van der Waals surface area (Å²) in [6, 6.07) is 8.95. The summed E-state index contributed by atoms with van der Waals surface area (Å²) < 4.78 is 36.7. The number of halogens is 2. The van der Waals surface area contributed by atoms with Gasteiger partial charge in [0.2, 0.25) is 0 Å². The zero-order chi connectivity index (χ0) is 26.9. The van der Waals surface area contributed by atoms with Crippen molar-refractivity contribution in [1.29, 1.82) is 0 Å². The molecule has 4 heterocycles. The van der Waals surface area contributed by atoms with Crippen LogP contribution < -0.4 is 11.0 Å². The molecular formula is C28H30ClFN6O2S. The second kappa shape index (κ2) is 9.62. The van der Waals surface area contributed by atoms with Gasteiger partial charge in [-0.05, 0) is 80.8 Å². The van der Waals surface area contributed by atoms with Crippen molar-refractivity contribution in [1.82, 2.24) is 24.2 Å². The third-order valence-corrected chi connectivity index (χ3v) is 9.08. The smallest absolute Gasteiger partial charge is 0.310 e. The second-order valence-corrected chi connectivity index (χ2v) is 12.4. The number of hydrogen-bond donors (Lipinski definition) is 1. The molecule has 8 nitrogen and oxygen atoms in total. The fourth-order valence-corrected chi connectivity index (χ4v) is 7.09. The molecule has 0 bridgehead atoms. The van der Waals surface area contributed by atoms with Crippen LogP contribution in [0.15, 0.2) is 62.5 Å². The summed E-state index contributed by atoms with van der Waals surface area (Å²) in [5, 5.41) is 8.37. The van der Waals surface area contributed by atoms with Gasteiger partial charge in [0.1, 0.15) is 11.6 Å². The topological polar surface area (TPSA) is 86.2 Å². The maximum absolute atomic E-state index is 14.5. The van der Waals surface area contributed by atoms with Crippen LogP contribution in [0.25, 0.3) is 23.3 Å². The molecule has 39 heavy (non-hydrogen) atoms. The third-order valence-electron chi connectivity index (χ3n) is 7.25. The predicted molar refractivity (Wildman–Crippen MR) is 154 cm³/mol. The summed E-state index contributed by atoms with van der Waals surface area (Å²) in [7, 11) is -2.52. The van der Waals surface area contributed by atoms with Gasteiger partial charge in [-0.3, -0.25) is 9.13 Å². The van der Waals surface area contributed by atoms with E-state index in [2.05, 4.69) is 16.6 Å². The number of benzene rings is 2. The number of aromatic nitrogens is 4. The molecule has 2 aromatic carbocycles. The molecule has 0 aliphatic carbocycles. The zero-order valence-electron chi connectivity index (χ0n) is 22.4. The summed E-state index contributed by atoms with van der Waals surface area (Å²) in [5.74, 6) is 0.393. The van der Waals surface area contributed by atoms with E-state index in [0.29, 0.717) is 38.9 Å². The van der Waals surface area contributed by atoms with Crippen molar-refractivity contribution in [3.05, 3.63) is 92.7 Å². The molecule has 0 spiro atoms. The van der Waals surface area contributed by atoms with E-state index >= 15 is 0 Å². The van der Waals surface area contributed by atoms with Crippen molar-refractivity contribution >= 4 is 28.2 Å². The van der Waals surface area contributed by atoms with Gasteiger partial charge in [-0.15, -0.1) is 12.4 Å². The number of rotatable bonds is 3. The summed E-state index contributed by atoms with van der Waals surface area (Å²) in [4.78, 5) is 14.6. The monoisotopic (exact) mass is 568 g/mol. The number of nitrogens with one attached hydrogen (secondary N) is 1. The van der Waals surface area contributed by atoms with Crippen LogP contribution in [0.5, 0.6) is 0 Å². The van der Waals surface area contributed by atoms with Gasteiger partial charge in [0.05, 0.1) is 31.7 Å². The van der Waals surface area contributed by atoms with Gasteiger partial charge in [0, 0.05) is 48.9 Å². The van der Waals surface area contributed by atoms with E-state index in [-0.39, 0.29) is 30.0 Å². The third kappa shape index (κ3) is 4.36. The van der Waals surface area contributed by atoms with Crippen LogP contribution in [0.1, 0.15) is 47.8 Å². The van der Waals surface area contributed by atoms with Crippen LogP contribution >= 0.6 is 12.4 Å². The molecule has 2 aromatic heterocycles.